The minimum absolute atomic E-state index is 0.351. The molecule has 0 saturated carbocycles. The van der Waals surface area contributed by atoms with Crippen LogP contribution in [0.1, 0.15) is 18.9 Å². The summed E-state index contributed by atoms with van der Waals surface area (Å²) in [5.74, 6) is 0.351. The van der Waals surface area contributed by atoms with Gasteiger partial charge in [-0.15, -0.1) is 0 Å². The van der Waals surface area contributed by atoms with Crippen LogP contribution < -0.4 is 0 Å². The average molecular weight is 189 g/mol. The first kappa shape index (κ1) is 8.97. The molecular weight excluding hydrogens is 178 g/mol. The van der Waals surface area contributed by atoms with E-state index >= 15 is 0 Å². The number of rotatable bonds is 2. The van der Waals surface area contributed by atoms with E-state index in [9.17, 15) is 5.11 Å². The maximum atomic E-state index is 9.23. The number of hydrogen-bond donors (Lipinski definition) is 1. The topological polar surface area (TPSA) is 46.3 Å². The lowest BCUT2D eigenvalue weighted by Crippen LogP contribution is -1.90. The number of hydrogen-bond acceptors (Lipinski definition) is 3. The summed E-state index contributed by atoms with van der Waals surface area (Å²) in [5, 5.41) is 9.23. The predicted molar refractivity (Wildman–Crippen MR) is 52.6 cm³/mol. The molecule has 1 N–H and O–H groups in total. The van der Waals surface area contributed by atoms with Crippen molar-refractivity contribution in [3.63, 3.8) is 0 Å². The molecule has 72 valence electrons. The summed E-state index contributed by atoms with van der Waals surface area (Å²) < 4.78 is 5.12. The molecule has 3 heteroatoms. The van der Waals surface area contributed by atoms with Gasteiger partial charge in [-0.25, -0.2) is 4.98 Å². The Hall–Kier alpha value is -1.61. The van der Waals surface area contributed by atoms with Crippen LogP contribution in [-0.2, 0) is 0 Å². The molecule has 0 bridgehead atoms. The Bertz CT molecular complexity index is 406. The summed E-state index contributed by atoms with van der Waals surface area (Å²) in [6.45, 7) is 1.63. The normalized spacial score (nSPS) is 12.7. The molecule has 2 aromatic rings. The molecule has 0 aliphatic carbocycles. The highest BCUT2D eigenvalue weighted by atomic mass is 16.4. The maximum absolute atomic E-state index is 9.23. The van der Waals surface area contributed by atoms with Gasteiger partial charge >= 0.3 is 0 Å². The van der Waals surface area contributed by atoms with Gasteiger partial charge < -0.3 is 9.52 Å². The van der Waals surface area contributed by atoms with Gasteiger partial charge in [0, 0.05) is 5.56 Å². The molecule has 1 unspecified atom stereocenters. The molecule has 1 aromatic carbocycles. The maximum Gasteiger partial charge on any atom is 0.223 e. The molecule has 1 aromatic heterocycles. The number of benzene rings is 1. The molecular formula is C11H11NO2. The summed E-state index contributed by atoms with van der Waals surface area (Å²) in [5.41, 5.74) is 1.74. The summed E-state index contributed by atoms with van der Waals surface area (Å²) in [6.07, 6.45) is 0.893. The minimum atomic E-state index is -0.660. The Kier molecular flexibility index (Phi) is 2.33. The summed E-state index contributed by atoms with van der Waals surface area (Å²) >= 11 is 0. The van der Waals surface area contributed by atoms with E-state index in [1.165, 1.54) is 0 Å². The van der Waals surface area contributed by atoms with Crippen LogP contribution in [0.2, 0.25) is 0 Å². The lowest BCUT2D eigenvalue weighted by atomic mass is 10.2. The number of aromatic nitrogens is 1. The van der Waals surface area contributed by atoms with Crippen LogP contribution in [-0.4, -0.2) is 10.1 Å². The van der Waals surface area contributed by atoms with Crippen LogP contribution in [0.3, 0.4) is 0 Å². The third kappa shape index (κ3) is 1.67. The quantitative estimate of drug-likeness (QED) is 0.789. The van der Waals surface area contributed by atoms with Gasteiger partial charge in [-0.05, 0) is 6.92 Å². The Morgan fingerprint density at radius 1 is 1.29 bits per heavy atom. The number of aliphatic hydroxyl groups excluding tert-OH is 1. The van der Waals surface area contributed by atoms with Crippen molar-refractivity contribution in [2.24, 2.45) is 0 Å². The second-order valence-electron chi connectivity index (χ2n) is 3.11. The van der Waals surface area contributed by atoms with Gasteiger partial charge in [0.1, 0.15) is 18.1 Å². The SMILES string of the molecule is CC(O)c1nc(-c2ccccc2)co1. The van der Waals surface area contributed by atoms with E-state index in [2.05, 4.69) is 4.98 Å². The van der Waals surface area contributed by atoms with Crippen LogP contribution in [0.5, 0.6) is 0 Å². The molecule has 3 nitrogen and oxygen atoms in total. The Labute approximate surface area is 82.0 Å². The lowest BCUT2D eigenvalue weighted by Gasteiger charge is -1.95. The Balaban J connectivity index is 2.34. The van der Waals surface area contributed by atoms with Crippen molar-refractivity contribution in [3.8, 4) is 11.3 Å². The zero-order valence-electron chi connectivity index (χ0n) is 7.84. The third-order valence-corrected chi connectivity index (χ3v) is 1.95. The predicted octanol–water partition coefficient (Wildman–Crippen LogP) is 2.39. The standard InChI is InChI=1S/C11H11NO2/c1-8(13)11-12-10(7-14-11)9-5-3-2-4-6-9/h2-8,13H,1H3. The lowest BCUT2D eigenvalue weighted by molar-refractivity contribution is 0.163. The van der Waals surface area contributed by atoms with Crippen LogP contribution in [0.25, 0.3) is 11.3 Å². The zero-order valence-corrected chi connectivity index (χ0v) is 7.84. The Morgan fingerprint density at radius 3 is 2.57 bits per heavy atom. The fraction of sp³-hybridized carbons (Fsp3) is 0.182. The van der Waals surface area contributed by atoms with Crippen molar-refractivity contribution >= 4 is 0 Å². The molecule has 0 saturated heterocycles. The van der Waals surface area contributed by atoms with Crippen molar-refractivity contribution in [2.75, 3.05) is 0 Å². The van der Waals surface area contributed by atoms with Gasteiger partial charge in [0.25, 0.3) is 0 Å². The van der Waals surface area contributed by atoms with Gasteiger partial charge in [0.05, 0.1) is 0 Å². The van der Waals surface area contributed by atoms with Crippen molar-refractivity contribution in [2.45, 2.75) is 13.0 Å². The van der Waals surface area contributed by atoms with E-state index in [-0.39, 0.29) is 0 Å². The van der Waals surface area contributed by atoms with E-state index in [0.29, 0.717) is 5.89 Å². The first-order chi connectivity index (χ1) is 6.77. The van der Waals surface area contributed by atoms with Crippen LogP contribution in [0.4, 0.5) is 0 Å². The van der Waals surface area contributed by atoms with Gasteiger partial charge in [-0.3, -0.25) is 0 Å². The molecule has 0 spiro atoms. The first-order valence-electron chi connectivity index (χ1n) is 4.46. The third-order valence-electron chi connectivity index (χ3n) is 1.95. The summed E-state index contributed by atoms with van der Waals surface area (Å²) in [6, 6.07) is 9.71. The van der Waals surface area contributed by atoms with Crippen molar-refractivity contribution in [1.29, 1.82) is 0 Å². The second kappa shape index (κ2) is 3.64. The molecule has 0 aliphatic heterocycles. The van der Waals surface area contributed by atoms with E-state index in [1.54, 1.807) is 13.2 Å². The van der Waals surface area contributed by atoms with Crippen LogP contribution >= 0.6 is 0 Å². The molecule has 0 amide bonds. The molecule has 1 atom stereocenters. The summed E-state index contributed by atoms with van der Waals surface area (Å²) in [7, 11) is 0. The van der Waals surface area contributed by atoms with Gasteiger partial charge in [-0.1, -0.05) is 30.3 Å². The largest absolute Gasteiger partial charge is 0.446 e. The molecule has 0 fully saturated rings. The highest BCUT2D eigenvalue weighted by molar-refractivity contribution is 5.57. The molecule has 14 heavy (non-hydrogen) atoms. The van der Waals surface area contributed by atoms with E-state index in [1.807, 2.05) is 30.3 Å². The summed E-state index contributed by atoms with van der Waals surface area (Å²) in [4.78, 5) is 4.16. The molecule has 2 rings (SSSR count). The molecule has 0 aliphatic rings. The van der Waals surface area contributed by atoms with Gasteiger partial charge in [0.2, 0.25) is 5.89 Å². The molecule has 0 radical (unpaired) electrons. The number of oxazole rings is 1. The average Bonchev–Trinajstić information content (AvgIpc) is 2.68. The van der Waals surface area contributed by atoms with E-state index in [4.69, 9.17) is 4.42 Å². The van der Waals surface area contributed by atoms with Gasteiger partial charge in [0.15, 0.2) is 0 Å². The highest BCUT2D eigenvalue weighted by Crippen LogP contribution is 2.20. The van der Waals surface area contributed by atoms with Crippen molar-refractivity contribution in [3.05, 3.63) is 42.5 Å². The van der Waals surface area contributed by atoms with Crippen molar-refractivity contribution < 1.29 is 9.52 Å². The van der Waals surface area contributed by atoms with Crippen LogP contribution in [0, 0.1) is 0 Å². The second-order valence-corrected chi connectivity index (χ2v) is 3.11. The minimum Gasteiger partial charge on any atom is -0.446 e. The Morgan fingerprint density at radius 2 is 2.00 bits per heavy atom. The van der Waals surface area contributed by atoms with E-state index < -0.39 is 6.10 Å². The van der Waals surface area contributed by atoms with E-state index in [0.717, 1.165) is 11.3 Å². The van der Waals surface area contributed by atoms with Crippen LogP contribution in [0.15, 0.2) is 41.0 Å². The number of nitrogens with zero attached hydrogens (tertiary/aromatic N) is 1. The first-order valence-corrected chi connectivity index (χ1v) is 4.46. The van der Waals surface area contributed by atoms with Crippen molar-refractivity contribution in [1.82, 2.24) is 4.98 Å². The molecule has 1 heterocycles. The highest BCUT2D eigenvalue weighted by Gasteiger charge is 2.09. The smallest absolute Gasteiger partial charge is 0.223 e. The number of aliphatic hydroxyl groups is 1. The van der Waals surface area contributed by atoms with Gasteiger partial charge in [-0.2, -0.15) is 0 Å². The monoisotopic (exact) mass is 189 g/mol. The fourth-order valence-corrected chi connectivity index (χ4v) is 1.22. The fourth-order valence-electron chi connectivity index (χ4n) is 1.22. The zero-order chi connectivity index (χ0) is 9.97.